The highest BCUT2D eigenvalue weighted by atomic mass is 19.4. The molecule has 1 amide bonds. The number of nitrogens with zero attached hydrogens (tertiary/aromatic N) is 3. The zero-order valence-corrected chi connectivity index (χ0v) is 17.0. The Labute approximate surface area is 178 Å². The SMILES string of the molecule is COc1ccc(C(=O)N(Cc2nccn2Cc2ccc(C(F)(F)F)cc2)C2CC2)cc1. The summed E-state index contributed by atoms with van der Waals surface area (Å²) in [5.74, 6) is 1.30. The van der Waals surface area contributed by atoms with E-state index in [1.807, 2.05) is 9.47 Å². The van der Waals surface area contributed by atoms with E-state index in [4.69, 9.17) is 4.74 Å². The van der Waals surface area contributed by atoms with Crippen molar-refractivity contribution in [2.45, 2.75) is 38.1 Å². The third kappa shape index (κ3) is 4.90. The number of rotatable bonds is 7. The van der Waals surface area contributed by atoms with E-state index in [2.05, 4.69) is 4.98 Å². The minimum Gasteiger partial charge on any atom is -0.497 e. The number of carbonyl (C=O) groups is 1. The molecule has 8 heteroatoms. The van der Waals surface area contributed by atoms with Crippen LogP contribution in [-0.4, -0.2) is 33.5 Å². The standard InChI is InChI=1S/C23H22F3N3O2/c1-31-20-10-4-17(5-11-20)22(30)29(19-8-9-19)15-21-27-12-13-28(21)14-16-2-6-18(7-3-16)23(24,25)26/h2-7,10-13,19H,8-9,14-15H2,1H3. The first-order valence-corrected chi connectivity index (χ1v) is 9.96. The highest BCUT2D eigenvalue weighted by Crippen LogP contribution is 2.31. The van der Waals surface area contributed by atoms with Gasteiger partial charge in [0.15, 0.2) is 0 Å². The fourth-order valence-electron chi connectivity index (χ4n) is 3.44. The predicted molar refractivity (Wildman–Crippen MR) is 109 cm³/mol. The molecule has 4 rings (SSSR count). The molecule has 1 fully saturated rings. The maximum Gasteiger partial charge on any atom is 0.416 e. The first kappa shape index (κ1) is 21.0. The van der Waals surface area contributed by atoms with Crippen molar-refractivity contribution in [3.05, 3.63) is 83.4 Å². The molecule has 0 spiro atoms. The summed E-state index contributed by atoms with van der Waals surface area (Å²) in [7, 11) is 1.57. The molecule has 1 saturated carbocycles. The first-order valence-electron chi connectivity index (χ1n) is 9.96. The van der Waals surface area contributed by atoms with Gasteiger partial charge in [-0.1, -0.05) is 12.1 Å². The topological polar surface area (TPSA) is 47.4 Å². The molecule has 0 N–H and O–H groups in total. The summed E-state index contributed by atoms with van der Waals surface area (Å²) in [5.41, 5.74) is 0.632. The molecule has 162 valence electrons. The minimum atomic E-state index is -4.36. The number of carbonyl (C=O) groups excluding carboxylic acids is 1. The monoisotopic (exact) mass is 429 g/mol. The van der Waals surface area contributed by atoms with Crippen molar-refractivity contribution in [3.63, 3.8) is 0 Å². The maximum atomic E-state index is 13.1. The number of methoxy groups -OCH3 is 1. The van der Waals surface area contributed by atoms with Crippen molar-refractivity contribution < 1.29 is 22.7 Å². The number of imidazole rings is 1. The lowest BCUT2D eigenvalue weighted by atomic mass is 10.1. The van der Waals surface area contributed by atoms with Crippen molar-refractivity contribution >= 4 is 5.91 Å². The van der Waals surface area contributed by atoms with Crippen LogP contribution >= 0.6 is 0 Å². The Morgan fingerprint density at radius 1 is 1.13 bits per heavy atom. The lowest BCUT2D eigenvalue weighted by Gasteiger charge is -2.23. The second-order valence-electron chi connectivity index (χ2n) is 7.56. The fraction of sp³-hybridized carbons (Fsp3) is 0.304. The third-order valence-corrected chi connectivity index (χ3v) is 5.33. The third-order valence-electron chi connectivity index (χ3n) is 5.33. The highest BCUT2D eigenvalue weighted by molar-refractivity contribution is 5.94. The lowest BCUT2D eigenvalue weighted by molar-refractivity contribution is -0.137. The molecule has 1 heterocycles. The van der Waals surface area contributed by atoms with Crippen LogP contribution in [0.3, 0.4) is 0 Å². The molecule has 1 aliphatic carbocycles. The van der Waals surface area contributed by atoms with Crippen LogP contribution in [-0.2, 0) is 19.3 Å². The van der Waals surface area contributed by atoms with E-state index in [0.717, 1.165) is 30.5 Å². The quantitative estimate of drug-likeness (QED) is 0.544. The van der Waals surface area contributed by atoms with E-state index in [1.165, 1.54) is 12.1 Å². The van der Waals surface area contributed by atoms with E-state index >= 15 is 0 Å². The molecule has 5 nitrogen and oxygen atoms in total. The van der Waals surface area contributed by atoms with Gasteiger partial charge in [0.05, 0.1) is 19.2 Å². The van der Waals surface area contributed by atoms with Crippen LogP contribution in [0.1, 0.15) is 40.2 Å². The summed E-state index contributed by atoms with van der Waals surface area (Å²) in [4.78, 5) is 19.3. The van der Waals surface area contributed by atoms with Crippen molar-refractivity contribution in [3.8, 4) is 5.75 Å². The lowest BCUT2D eigenvalue weighted by Crippen LogP contribution is -2.33. The van der Waals surface area contributed by atoms with Crippen LogP contribution in [0.15, 0.2) is 60.9 Å². The van der Waals surface area contributed by atoms with Crippen LogP contribution in [0.4, 0.5) is 13.2 Å². The smallest absolute Gasteiger partial charge is 0.416 e. The Bertz CT molecular complexity index is 1040. The number of halogens is 3. The summed E-state index contributed by atoms with van der Waals surface area (Å²) in [6, 6.07) is 12.3. The van der Waals surface area contributed by atoms with Gasteiger partial charge < -0.3 is 14.2 Å². The maximum absolute atomic E-state index is 13.1. The Hall–Kier alpha value is -3.29. The van der Waals surface area contributed by atoms with Crippen LogP contribution in [0, 0.1) is 0 Å². The molecule has 31 heavy (non-hydrogen) atoms. The van der Waals surface area contributed by atoms with Crippen LogP contribution in [0.25, 0.3) is 0 Å². The Kier molecular flexibility index (Phi) is 5.71. The molecule has 0 unspecified atom stereocenters. The average molecular weight is 429 g/mol. The predicted octanol–water partition coefficient (Wildman–Crippen LogP) is 4.76. The fourth-order valence-corrected chi connectivity index (χ4v) is 3.44. The number of hydrogen-bond donors (Lipinski definition) is 0. The van der Waals surface area contributed by atoms with Crippen molar-refractivity contribution in [2.24, 2.45) is 0 Å². The van der Waals surface area contributed by atoms with Gasteiger partial charge in [0.2, 0.25) is 0 Å². The zero-order chi connectivity index (χ0) is 22.0. The van der Waals surface area contributed by atoms with Gasteiger partial charge in [0.25, 0.3) is 5.91 Å². The summed E-state index contributed by atoms with van der Waals surface area (Å²) < 4.78 is 45.4. The van der Waals surface area contributed by atoms with Crippen LogP contribution < -0.4 is 4.74 Å². The number of amides is 1. The van der Waals surface area contributed by atoms with Gasteiger partial charge in [-0.25, -0.2) is 4.98 Å². The molecule has 0 bridgehead atoms. The van der Waals surface area contributed by atoms with E-state index in [9.17, 15) is 18.0 Å². The Morgan fingerprint density at radius 2 is 1.81 bits per heavy atom. The molecule has 0 aliphatic heterocycles. The molecule has 3 aromatic rings. The second kappa shape index (κ2) is 8.45. The molecule has 1 aliphatic rings. The molecule has 0 saturated heterocycles. The number of aromatic nitrogens is 2. The number of ether oxygens (including phenoxy) is 1. The second-order valence-corrected chi connectivity index (χ2v) is 7.56. The average Bonchev–Trinajstić information content (AvgIpc) is 3.51. The van der Waals surface area contributed by atoms with E-state index in [0.29, 0.717) is 30.2 Å². The van der Waals surface area contributed by atoms with Crippen LogP contribution in [0.5, 0.6) is 5.75 Å². The van der Waals surface area contributed by atoms with E-state index in [-0.39, 0.29) is 11.9 Å². The van der Waals surface area contributed by atoms with Crippen molar-refractivity contribution in [2.75, 3.05) is 7.11 Å². The van der Waals surface area contributed by atoms with Gasteiger partial charge in [-0.3, -0.25) is 4.79 Å². The van der Waals surface area contributed by atoms with Crippen molar-refractivity contribution in [1.82, 2.24) is 14.5 Å². The van der Waals surface area contributed by atoms with Gasteiger partial charge >= 0.3 is 6.18 Å². The van der Waals surface area contributed by atoms with Gasteiger partial charge in [-0.15, -0.1) is 0 Å². The molecule has 0 atom stereocenters. The molecule has 2 aromatic carbocycles. The summed E-state index contributed by atoms with van der Waals surface area (Å²) in [6.45, 7) is 0.714. The highest BCUT2D eigenvalue weighted by Gasteiger charge is 2.34. The van der Waals surface area contributed by atoms with Crippen LogP contribution in [0.2, 0.25) is 0 Å². The molecular formula is C23H22F3N3O2. The molecular weight excluding hydrogens is 407 g/mol. The summed E-state index contributed by atoms with van der Waals surface area (Å²) in [5, 5.41) is 0. The number of benzene rings is 2. The zero-order valence-electron chi connectivity index (χ0n) is 17.0. The largest absolute Gasteiger partial charge is 0.497 e. The van der Waals surface area contributed by atoms with E-state index in [1.54, 1.807) is 43.8 Å². The summed E-state index contributed by atoms with van der Waals surface area (Å²) >= 11 is 0. The van der Waals surface area contributed by atoms with E-state index < -0.39 is 11.7 Å². The minimum absolute atomic E-state index is 0.0748. The van der Waals surface area contributed by atoms with Gasteiger partial charge in [0, 0.05) is 30.5 Å². The number of alkyl halides is 3. The Balaban J connectivity index is 1.49. The van der Waals surface area contributed by atoms with Crippen molar-refractivity contribution in [1.29, 1.82) is 0 Å². The normalized spacial score (nSPS) is 13.8. The number of hydrogen-bond acceptors (Lipinski definition) is 3. The first-order chi connectivity index (χ1) is 14.8. The van der Waals surface area contributed by atoms with Gasteiger partial charge in [0.1, 0.15) is 11.6 Å². The summed E-state index contributed by atoms with van der Waals surface area (Å²) in [6.07, 6.45) is 0.951. The van der Waals surface area contributed by atoms with Gasteiger partial charge in [-0.05, 0) is 54.8 Å². The molecule has 1 aromatic heterocycles. The Morgan fingerprint density at radius 3 is 2.39 bits per heavy atom. The van der Waals surface area contributed by atoms with Gasteiger partial charge in [-0.2, -0.15) is 13.2 Å². The molecule has 0 radical (unpaired) electrons.